The minimum Gasteiger partial charge on any atom is -0.389 e. The van der Waals surface area contributed by atoms with E-state index in [-0.39, 0.29) is 0 Å². The van der Waals surface area contributed by atoms with Gasteiger partial charge >= 0.3 is 0 Å². The van der Waals surface area contributed by atoms with Gasteiger partial charge in [0.15, 0.2) is 0 Å². The molecule has 62 valence electrons. The topological polar surface area (TPSA) is 41.5 Å². The Morgan fingerprint density at radius 3 is 2.90 bits per heavy atom. The van der Waals surface area contributed by atoms with Gasteiger partial charge in [0.1, 0.15) is 6.67 Å². The standard InChI is InChI=1S/C6H14FNO2/c1-10-5-6(9)4-8-3-2-7/h6,8-9H,2-5H2,1H3. The van der Waals surface area contributed by atoms with E-state index in [4.69, 9.17) is 5.11 Å². The van der Waals surface area contributed by atoms with Gasteiger partial charge in [0.05, 0.1) is 12.7 Å². The molecule has 2 N–H and O–H groups in total. The summed E-state index contributed by atoms with van der Waals surface area (Å²) in [6.45, 7) is 0.567. The van der Waals surface area contributed by atoms with Crippen molar-refractivity contribution in [1.29, 1.82) is 0 Å². The second-order valence-electron chi connectivity index (χ2n) is 2.00. The molecular weight excluding hydrogens is 137 g/mol. The van der Waals surface area contributed by atoms with Crippen LogP contribution in [0.4, 0.5) is 4.39 Å². The van der Waals surface area contributed by atoms with E-state index in [1.807, 2.05) is 0 Å². The summed E-state index contributed by atoms with van der Waals surface area (Å²) >= 11 is 0. The number of alkyl halides is 1. The Bertz CT molecular complexity index is 72.8. The molecule has 1 atom stereocenters. The minimum atomic E-state index is -0.531. The molecule has 0 rings (SSSR count). The number of methoxy groups -OCH3 is 1. The molecule has 0 aliphatic rings. The summed E-state index contributed by atoms with van der Waals surface area (Å²) in [5.41, 5.74) is 0. The van der Waals surface area contributed by atoms with E-state index in [0.717, 1.165) is 0 Å². The highest BCUT2D eigenvalue weighted by atomic mass is 19.1. The summed E-state index contributed by atoms with van der Waals surface area (Å²) in [5, 5.41) is 11.7. The van der Waals surface area contributed by atoms with Crippen LogP contribution >= 0.6 is 0 Å². The molecule has 4 heteroatoms. The zero-order valence-corrected chi connectivity index (χ0v) is 6.14. The van der Waals surface area contributed by atoms with Crippen LogP contribution in [0.15, 0.2) is 0 Å². The average Bonchev–Trinajstić information content (AvgIpc) is 1.89. The molecule has 0 saturated heterocycles. The van der Waals surface area contributed by atoms with Gasteiger partial charge in [0, 0.05) is 20.2 Å². The highest BCUT2D eigenvalue weighted by Crippen LogP contribution is 1.79. The number of hydrogen-bond acceptors (Lipinski definition) is 3. The maximum absolute atomic E-state index is 11.5. The lowest BCUT2D eigenvalue weighted by atomic mass is 10.4. The van der Waals surface area contributed by atoms with Crippen molar-refractivity contribution in [2.45, 2.75) is 6.10 Å². The van der Waals surface area contributed by atoms with Gasteiger partial charge in [0.2, 0.25) is 0 Å². The summed E-state index contributed by atoms with van der Waals surface area (Å²) < 4.78 is 16.1. The second-order valence-corrected chi connectivity index (χ2v) is 2.00. The van der Waals surface area contributed by atoms with E-state index >= 15 is 0 Å². The van der Waals surface area contributed by atoms with Crippen molar-refractivity contribution < 1.29 is 14.2 Å². The molecule has 3 nitrogen and oxygen atoms in total. The summed E-state index contributed by atoms with van der Waals surface area (Å²) in [6, 6.07) is 0. The van der Waals surface area contributed by atoms with Crippen LogP contribution in [0.3, 0.4) is 0 Å². The van der Waals surface area contributed by atoms with Crippen LogP contribution in [0.25, 0.3) is 0 Å². The first-order chi connectivity index (χ1) is 4.81. The molecule has 0 radical (unpaired) electrons. The molecule has 0 aromatic carbocycles. The molecule has 0 fully saturated rings. The molecule has 0 aromatic heterocycles. The monoisotopic (exact) mass is 151 g/mol. The molecular formula is C6H14FNO2. The van der Waals surface area contributed by atoms with E-state index in [0.29, 0.717) is 19.7 Å². The second kappa shape index (κ2) is 6.92. The van der Waals surface area contributed by atoms with Gasteiger partial charge in [-0.15, -0.1) is 0 Å². The fourth-order valence-corrected chi connectivity index (χ4v) is 0.587. The van der Waals surface area contributed by atoms with Gasteiger partial charge in [-0.05, 0) is 0 Å². The Kier molecular flexibility index (Phi) is 6.79. The molecule has 0 amide bonds. The highest BCUT2D eigenvalue weighted by Gasteiger charge is 2.00. The zero-order valence-electron chi connectivity index (χ0n) is 6.14. The Labute approximate surface area is 60.2 Å². The Balaban J connectivity index is 2.97. The third kappa shape index (κ3) is 5.94. The van der Waals surface area contributed by atoms with E-state index < -0.39 is 12.8 Å². The van der Waals surface area contributed by atoms with Crippen molar-refractivity contribution in [3.8, 4) is 0 Å². The first-order valence-corrected chi connectivity index (χ1v) is 3.25. The molecule has 0 aliphatic heterocycles. The quantitative estimate of drug-likeness (QED) is 0.505. The molecule has 0 aliphatic carbocycles. The van der Waals surface area contributed by atoms with Crippen molar-refractivity contribution in [2.24, 2.45) is 0 Å². The van der Waals surface area contributed by atoms with Gasteiger partial charge in [0.25, 0.3) is 0 Å². The van der Waals surface area contributed by atoms with Crippen molar-refractivity contribution in [2.75, 3.05) is 33.5 Å². The number of halogens is 1. The summed E-state index contributed by atoms with van der Waals surface area (Å²) in [6.07, 6.45) is -0.531. The lowest BCUT2D eigenvalue weighted by Gasteiger charge is -2.08. The molecule has 0 aromatic rings. The molecule has 0 spiro atoms. The Hall–Kier alpha value is -0.190. The van der Waals surface area contributed by atoms with Gasteiger partial charge in [-0.2, -0.15) is 0 Å². The largest absolute Gasteiger partial charge is 0.389 e. The molecule has 10 heavy (non-hydrogen) atoms. The van der Waals surface area contributed by atoms with Crippen LogP contribution < -0.4 is 5.32 Å². The lowest BCUT2D eigenvalue weighted by molar-refractivity contribution is 0.0645. The van der Waals surface area contributed by atoms with E-state index in [2.05, 4.69) is 10.1 Å². The number of hydrogen-bond donors (Lipinski definition) is 2. The van der Waals surface area contributed by atoms with Gasteiger partial charge < -0.3 is 15.2 Å². The van der Waals surface area contributed by atoms with Crippen molar-refractivity contribution >= 4 is 0 Å². The Morgan fingerprint density at radius 1 is 1.70 bits per heavy atom. The number of ether oxygens (including phenoxy) is 1. The first kappa shape index (κ1) is 9.81. The van der Waals surface area contributed by atoms with E-state index in [9.17, 15) is 4.39 Å². The van der Waals surface area contributed by atoms with Gasteiger partial charge in [-0.25, -0.2) is 4.39 Å². The van der Waals surface area contributed by atoms with E-state index in [1.165, 1.54) is 7.11 Å². The predicted octanol–water partition coefficient (Wildman–Crippen LogP) is -0.447. The van der Waals surface area contributed by atoms with E-state index in [1.54, 1.807) is 0 Å². The number of nitrogens with one attached hydrogen (secondary N) is 1. The van der Waals surface area contributed by atoms with Crippen LogP contribution in [0, 0.1) is 0 Å². The van der Waals surface area contributed by atoms with Crippen LogP contribution in [-0.2, 0) is 4.74 Å². The number of aliphatic hydroxyl groups is 1. The fourth-order valence-electron chi connectivity index (χ4n) is 0.587. The van der Waals surface area contributed by atoms with Gasteiger partial charge in [-0.3, -0.25) is 0 Å². The van der Waals surface area contributed by atoms with Crippen LogP contribution in [0.2, 0.25) is 0 Å². The minimum absolute atomic E-state index is 0.291. The molecule has 0 saturated carbocycles. The van der Waals surface area contributed by atoms with Crippen molar-refractivity contribution in [3.63, 3.8) is 0 Å². The maximum atomic E-state index is 11.5. The first-order valence-electron chi connectivity index (χ1n) is 3.25. The Morgan fingerprint density at radius 2 is 2.40 bits per heavy atom. The van der Waals surface area contributed by atoms with Crippen molar-refractivity contribution in [3.05, 3.63) is 0 Å². The third-order valence-electron chi connectivity index (χ3n) is 1.01. The lowest BCUT2D eigenvalue weighted by Crippen LogP contribution is -2.31. The molecule has 1 unspecified atom stereocenters. The summed E-state index contributed by atoms with van der Waals surface area (Å²) in [5.74, 6) is 0. The average molecular weight is 151 g/mol. The summed E-state index contributed by atoms with van der Waals surface area (Å²) in [7, 11) is 1.51. The van der Waals surface area contributed by atoms with Crippen LogP contribution in [0.5, 0.6) is 0 Å². The molecule has 0 heterocycles. The van der Waals surface area contributed by atoms with Gasteiger partial charge in [-0.1, -0.05) is 0 Å². The number of rotatable bonds is 6. The highest BCUT2D eigenvalue weighted by molar-refractivity contribution is 4.56. The maximum Gasteiger partial charge on any atom is 0.102 e. The van der Waals surface area contributed by atoms with Crippen LogP contribution in [-0.4, -0.2) is 44.7 Å². The smallest absolute Gasteiger partial charge is 0.102 e. The zero-order chi connectivity index (χ0) is 7.82. The summed E-state index contributed by atoms with van der Waals surface area (Å²) in [4.78, 5) is 0. The molecule has 0 bridgehead atoms. The SMILES string of the molecule is COCC(O)CNCCF. The number of aliphatic hydroxyl groups excluding tert-OH is 1. The third-order valence-corrected chi connectivity index (χ3v) is 1.01. The predicted molar refractivity (Wildman–Crippen MR) is 36.7 cm³/mol. The normalized spacial score (nSPS) is 13.5. The fraction of sp³-hybridized carbons (Fsp3) is 1.00. The van der Waals surface area contributed by atoms with Crippen LogP contribution in [0.1, 0.15) is 0 Å². The van der Waals surface area contributed by atoms with Crippen molar-refractivity contribution in [1.82, 2.24) is 5.32 Å².